The molecule has 0 aliphatic carbocycles. The van der Waals surface area contributed by atoms with Crippen molar-refractivity contribution in [2.75, 3.05) is 26.0 Å². The fourth-order valence-corrected chi connectivity index (χ4v) is 3.49. The van der Waals surface area contributed by atoms with E-state index in [-0.39, 0.29) is 30.6 Å². The number of nitrogens with zero attached hydrogens (tertiary/aromatic N) is 3. The second-order valence-corrected chi connectivity index (χ2v) is 7.79. The van der Waals surface area contributed by atoms with Crippen molar-refractivity contribution in [2.24, 2.45) is 0 Å². The zero-order chi connectivity index (χ0) is 23.4. The van der Waals surface area contributed by atoms with Crippen molar-refractivity contribution in [3.05, 3.63) is 70.3 Å². The van der Waals surface area contributed by atoms with E-state index in [4.69, 9.17) is 16.3 Å². The lowest BCUT2D eigenvalue weighted by atomic mass is 10.1. The molecule has 2 aromatic carbocycles. The van der Waals surface area contributed by atoms with Gasteiger partial charge in [0.25, 0.3) is 0 Å². The van der Waals surface area contributed by atoms with Crippen molar-refractivity contribution in [1.29, 1.82) is 0 Å². The van der Waals surface area contributed by atoms with Gasteiger partial charge in [-0.2, -0.15) is 5.10 Å². The molecule has 32 heavy (non-hydrogen) atoms. The quantitative estimate of drug-likeness (QED) is 0.582. The predicted octanol–water partition coefficient (Wildman–Crippen LogP) is 3.93. The number of benzene rings is 2. The third-order valence-corrected chi connectivity index (χ3v) is 5.32. The largest absolute Gasteiger partial charge is 0.495 e. The van der Waals surface area contributed by atoms with Gasteiger partial charge in [-0.15, -0.1) is 0 Å². The molecule has 3 aromatic rings. The number of rotatable bonds is 7. The number of ether oxygens (including phenoxy) is 1. The van der Waals surface area contributed by atoms with Crippen LogP contribution in [0.5, 0.6) is 5.75 Å². The summed E-state index contributed by atoms with van der Waals surface area (Å²) >= 11 is 5.99. The molecule has 0 saturated carbocycles. The Balaban J connectivity index is 1.68. The average Bonchev–Trinajstić information content (AvgIpc) is 3.02. The molecule has 1 aromatic heterocycles. The van der Waals surface area contributed by atoms with Crippen LogP contribution < -0.4 is 10.1 Å². The molecule has 0 saturated heterocycles. The molecular formula is C23H24ClFN4O3. The molecule has 7 nitrogen and oxygen atoms in total. The Kier molecular flexibility index (Phi) is 7.15. The van der Waals surface area contributed by atoms with Gasteiger partial charge in [0.2, 0.25) is 11.8 Å². The van der Waals surface area contributed by atoms with Crippen LogP contribution in [0.3, 0.4) is 0 Å². The van der Waals surface area contributed by atoms with Crippen molar-refractivity contribution in [2.45, 2.75) is 20.3 Å². The maximum atomic E-state index is 13.2. The lowest BCUT2D eigenvalue weighted by molar-refractivity contribution is -0.132. The second kappa shape index (κ2) is 9.82. The Morgan fingerprint density at radius 2 is 1.88 bits per heavy atom. The number of aromatic nitrogens is 2. The molecule has 0 aliphatic rings. The van der Waals surface area contributed by atoms with Gasteiger partial charge in [-0.3, -0.25) is 9.59 Å². The fraction of sp³-hybridized carbons (Fsp3) is 0.261. The summed E-state index contributed by atoms with van der Waals surface area (Å²) in [5.74, 6) is -0.475. The molecule has 0 spiro atoms. The number of halogens is 2. The average molecular weight is 459 g/mol. The number of amides is 2. The number of methoxy groups -OCH3 is 1. The third kappa shape index (κ3) is 5.26. The van der Waals surface area contributed by atoms with E-state index in [2.05, 4.69) is 10.4 Å². The summed E-state index contributed by atoms with van der Waals surface area (Å²) in [5, 5.41) is 7.65. The molecular weight excluding hydrogens is 435 g/mol. The van der Waals surface area contributed by atoms with Crippen LogP contribution in [0.4, 0.5) is 10.1 Å². The number of likely N-dealkylation sites (N-methyl/N-ethyl adjacent to an activating group) is 1. The molecule has 0 unspecified atom stereocenters. The van der Waals surface area contributed by atoms with Gasteiger partial charge in [-0.05, 0) is 56.3 Å². The molecule has 1 N–H and O–H groups in total. The minimum absolute atomic E-state index is 0.0864. The van der Waals surface area contributed by atoms with Gasteiger partial charge in [0.1, 0.15) is 11.6 Å². The number of nitrogens with one attached hydrogen (secondary N) is 1. The van der Waals surface area contributed by atoms with Crippen LogP contribution in [-0.4, -0.2) is 47.2 Å². The molecule has 3 rings (SSSR count). The Labute approximate surface area is 190 Å². The lowest BCUT2D eigenvalue weighted by Crippen LogP contribution is -2.36. The van der Waals surface area contributed by atoms with Crippen LogP contribution in [0.15, 0.2) is 42.5 Å². The summed E-state index contributed by atoms with van der Waals surface area (Å²) < 4.78 is 20.1. The number of carbonyl (C=O) groups is 2. The maximum Gasteiger partial charge on any atom is 0.244 e. The molecule has 168 valence electrons. The van der Waals surface area contributed by atoms with Crippen LogP contribution in [0.25, 0.3) is 5.69 Å². The highest BCUT2D eigenvalue weighted by atomic mass is 35.5. The topological polar surface area (TPSA) is 76.5 Å². The molecule has 0 aliphatic heterocycles. The monoisotopic (exact) mass is 458 g/mol. The van der Waals surface area contributed by atoms with Crippen LogP contribution >= 0.6 is 11.6 Å². The SMILES string of the molecule is COc1ccc(Cl)cc1NC(=O)CN(C)C(=O)Cc1c(C)nn(-c2ccc(F)cc2)c1C. The summed E-state index contributed by atoms with van der Waals surface area (Å²) in [5.41, 5.74) is 3.38. The van der Waals surface area contributed by atoms with Gasteiger partial charge in [-0.1, -0.05) is 11.6 Å². The standard InChI is InChI=1S/C23H24ClFN4O3/c1-14-19(15(2)29(27-14)18-8-6-17(25)7-9-18)12-23(31)28(3)13-22(30)26-20-11-16(24)5-10-21(20)32-4/h5-11H,12-13H2,1-4H3,(H,26,30). The number of hydrogen-bond donors (Lipinski definition) is 1. The zero-order valence-electron chi connectivity index (χ0n) is 18.3. The Bertz CT molecular complexity index is 1140. The highest BCUT2D eigenvalue weighted by Crippen LogP contribution is 2.27. The molecule has 0 radical (unpaired) electrons. The first-order valence-electron chi connectivity index (χ1n) is 9.88. The third-order valence-electron chi connectivity index (χ3n) is 5.08. The van der Waals surface area contributed by atoms with E-state index in [1.54, 1.807) is 42.1 Å². The number of carbonyl (C=O) groups excluding carboxylic acids is 2. The van der Waals surface area contributed by atoms with Gasteiger partial charge in [-0.25, -0.2) is 9.07 Å². The van der Waals surface area contributed by atoms with Crippen LogP contribution in [0, 0.1) is 19.7 Å². The normalized spacial score (nSPS) is 10.7. The Hall–Kier alpha value is -3.39. The van der Waals surface area contributed by atoms with E-state index in [0.717, 1.165) is 11.3 Å². The summed E-state index contributed by atoms with van der Waals surface area (Å²) in [7, 11) is 3.05. The van der Waals surface area contributed by atoms with Gasteiger partial charge in [0.05, 0.1) is 37.1 Å². The maximum absolute atomic E-state index is 13.2. The predicted molar refractivity (Wildman–Crippen MR) is 121 cm³/mol. The van der Waals surface area contributed by atoms with Crippen LogP contribution in [0.2, 0.25) is 5.02 Å². The Morgan fingerprint density at radius 3 is 2.53 bits per heavy atom. The van der Waals surface area contributed by atoms with Crippen molar-refractivity contribution in [3.8, 4) is 11.4 Å². The van der Waals surface area contributed by atoms with Crippen molar-refractivity contribution in [3.63, 3.8) is 0 Å². The van der Waals surface area contributed by atoms with Gasteiger partial charge < -0.3 is 15.0 Å². The molecule has 0 atom stereocenters. The van der Waals surface area contributed by atoms with E-state index in [9.17, 15) is 14.0 Å². The van der Waals surface area contributed by atoms with Crippen molar-refractivity contribution < 1.29 is 18.7 Å². The highest BCUT2D eigenvalue weighted by molar-refractivity contribution is 6.31. The first-order valence-corrected chi connectivity index (χ1v) is 10.3. The first kappa shape index (κ1) is 23.3. The molecule has 0 bridgehead atoms. The smallest absolute Gasteiger partial charge is 0.244 e. The first-order chi connectivity index (χ1) is 15.2. The van der Waals surface area contributed by atoms with Crippen molar-refractivity contribution >= 4 is 29.1 Å². The van der Waals surface area contributed by atoms with E-state index in [0.29, 0.717) is 27.8 Å². The number of aryl methyl sites for hydroxylation is 1. The second-order valence-electron chi connectivity index (χ2n) is 7.36. The van der Waals surface area contributed by atoms with E-state index < -0.39 is 0 Å². The molecule has 2 amide bonds. The van der Waals surface area contributed by atoms with E-state index >= 15 is 0 Å². The molecule has 0 fully saturated rings. The Morgan fingerprint density at radius 1 is 1.19 bits per heavy atom. The van der Waals surface area contributed by atoms with E-state index in [1.807, 2.05) is 13.8 Å². The van der Waals surface area contributed by atoms with Gasteiger partial charge in [0.15, 0.2) is 0 Å². The van der Waals surface area contributed by atoms with Gasteiger partial charge >= 0.3 is 0 Å². The minimum atomic E-state index is -0.378. The molecule has 1 heterocycles. The summed E-state index contributed by atoms with van der Waals surface area (Å²) in [6.07, 6.45) is 0.0864. The van der Waals surface area contributed by atoms with Crippen molar-refractivity contribution in [1.82, 2.24) is 14.7 Å². The summed E-state index contributed by atoms with van der Waals surface area (Å²) in [4.78, 5) is 26.6. The van der Waals surface area contributed by atoms with Gasteiger partial charge in [0, 0.05) is 23.3 Å². The minimum Gasteiger partial charge on any atom is -0.495 e. The summed E-state index contributed by atoms with van der Waals surface area (Å²) in [6.45, 7) is 3.52. The number of hydrogen-bond acceptors (Lipinski definition) is 4. The number of anilines is 1. The van der Waals surface area contributed by atoms with E-state index in [1.165, 1.54) is 24.1 Å². The van der Waals surface area contributed by atoms with Crippen LogP contribution in [0.1, 0.15) is 17.0 Å². The summed E-state index contributed by atoms with van der Waals surface area (Å²) in [6, 6.07) is 10.9. The van der Waals surface area contributed by atoms with Crippen LogP contribution in [-0.2, 0) is 16.0 Å². The zero-order valence-corrected chi connectivity index (χ0v) is 19.0. The fourth-order valence-electron chi connectivity index (χ4n) is 3.32. The lowest BCUT2D eigenvalue weighted by Gasteiger charge is -2.18. The molecule has 9 heteroatoms. The highest BCUT2D eigenvalue weighted by Gasteiger charge is 2.20.